The maximum Gasteiger partial charge on any atom is 0.349 e. The number of aromatic nitrogens is 1. The molecule has 0 radical (unpaired) electrons. The van der Waals surface area contributed by atoms with Gasteiger partial charge in [0.25, 0.3) is 5.91 Å². The number of hydrogen-bond acceptors (Lipinski definition) is 5. The molecular weight excluding hydrogens is 300 g/mol. The number of thiophene rings is 1. The number of nitrogens with zero attached hydrogens (tertiary/aromatic N) is 1. The van der Waals surface area contributed by atoms with Crippen molar-refractivity contribution in [2.24, 2.45) is 0 Å². The summed E-state index contributed by atoms with van der Waals surface area (Å²) in [5.41, 5.74) is 0. The first kappa shape index (κ1) is 14.5. The normalized spacial score (nSPS) is 11.7. The molecule has 0 aliphatic rings. The summed E-state index contributed by atoms with van der Waals surface area (Å²) in [6, 6.07) is 6.54. The molecule has 0 aromatic carbocycles. The minimum absolute atomic E-state index is 0.346. The largest absolute Gasteiger partial charge is 0.448 e. The number of anilines is 1. The van der Waals surface area contributed by atoms with Crippen molar-refractivity contribution in [3.05, 3.63) is 45.7 Å². The molecule has 7 heteroatoms. The highest BCUT2D eigenvalue weighted by molar-refractivity contribution is 7.11. The van der Waals surface area contributed by atoms with E-state index in [1.807, 2.05) is 0 Å². The molecule has 0 bridgehead atoms. The monoisotopic (exact) mass is 310 g/mol. The number of amides is 1. The van der Waals surface area contributed by atoms with Crippen molar-refractivity contribution < 1.29 is 14.3 Å². The molecule has 1 amide bonds. The van der Waals surface area contributed by atoms with E-state index in [0.29, 0.717) is 15.7 Å². The molecule has 0 spiro atoms. The van der Waals surface area contributed by atoms with E-state index in [9.17, 15) is 9.59 Å². The number of esters is 1. The number of rotatable bonds is 4. The van der Waals surface area contributed by atoms with Crippen molar-refractivity contribution in [3.63, 3.8) is 0 Å². The Balaban J connectivity index is 1.92. The van der Waals surface area contributed by atoms with Crippen molar-refractivity contribution in [2.45, 2.75) is 13.0 Å². The number of halogens is 1. The lowest BCUT2D eigenvalue weighted by Crippen LogP contribution is -2.30. The van der Waals surface area contributed by atoms with Crippen molar-refractivity contribution >= 4 is 40.6 Å². The predicted octanol–water partition coefficient (Wildman–Crippen LogP) is 2.98. The SMILES string of the molecule is C[C@H](OC(=O)c1cccs1)C(=O)Nc1ccc(Cl)cn1. The summed E-state index contributed by atoms with van der Waals surface area (Å²) in [5.74, 6) is -0.630. The first-order valence-electron chi connectivity index (χ1n) is 5.73. The zero-order chi connectivity index (χ0) is 14.5. The topological polar surface area (TPSA) is 68.3 Å². The van der Waals surface area contributed by atoms with Crippen LogP contribution in [0.15, 0.2) is 35.8 Å². The van der Waals surface area contributed by atoms with Crippen LogP contribution in [0.5, 0.6) is 0 Å². The molecule has 2 rings (SSSR count). The van der Waals surface area contributed by atoms with Gasteiger partial charge in [-0.2, -0.15) is 0 Å². The zero-order valence-corrected chi connectivity index (χ0v) is 12.1. The number of hydrogen-bond donors (Lipinski definition) is 1. The van der Waals surface area contributed by atoms with Crippen LogP contribution in [0.1, 0.15) is 16.6 Å². The summed E-state index contributed by atoms with van der Waals surface area (Å²) in [6.45, 7) is 1.50. The Kier molecular flexibility index (Phi) is 4.70. The van der Waals surface area contributed by atoms with Gasteiger partial charge in [-0.05, 0) is 30.5 Å². The second-order valence-electron chi connectivity index (χ2n) is 3.88. The average molecular weight is 311 g/mol. The van der Waals surface area contributed by atoms with Gasteiger partial charge in [0, 0.05) is 6.20 Å². The summed E-state index contributed by atoms with van der Waals surface area (Å²) < 4.78 is 5.06. The van der Waals surface area contributed by atoms with Crippen molar-refractivity contribution in [1.82, 2.24) is 4.98 Å². The zero-order valence-electron chi connectivity index (χ0n) is 10.5. The number of pyridine rings is 1. The average Bonchev–Trinajstić information content (AvgIpc) is 2.95. The smallest absolute Gasteiger partial charge is 0.349 e. The third-order valence-electron chi connectivity index (χ3n) is 2.35. The van der Waals surface area contributed by atoms with E-state index in [2.05, 4.69) is 10.3 Å². The molecule has 20 heavy (non-hydrogen) atoms. The Labute approximate surface area is 124 Å². The Bertz CT molecular complexity index is 599. The fraction of sp³-hybridized carbons (Fsp3) is 0.154. The molecular formula is C13H11ClN2O3S. The molecule has 1 atom stereocenters. The first-order valence-corrected chi connectivity index (χ1v) is 6.99. The number of ether oxygens (including phenoxy) is 1. The molecule has 0 aliphatic heterocycles. The number of nitrogens with one attached hydrogen (secondary N) is 1. The lowest BCUT2D eigenvalue weighted by atomic mass is 10.3. The van der Waals surface area contributed by atoms with Crippen LogP contribution in [0, 0.1) is 0 Å². The fourth-order valence-electron chi connectivity index (χ4n) is 1.34. The van der Waals surface area contributed by atoms with Crippen molar-refractivity contribution in [3.8, 4) is 0 Å². The van der Waals surface area contributed by atoms with Crippen LogP contribution in [0.4, 0.5) is 5.82 Å². The van der Waals surface area contributed by atoms with E-state index in [0.717, 1.165) is 0 Å². The van der Waals surface area contributed by atoms with Crippen LogP contribution in [-0.4, -0.2) is 23.0 Å². The fourth-order valence-corrected chi connectivity index (χ4v) is 2.06. The highest BCUT2D eigenvalue weighted by atomic mass is 35.5. The molecule has 2 heterocycles. The summed E-state index contributed by atoms with van der Waals surface area (Å²) in [4.78, 5) is 27.9. The van der Waals surface area contributed by atoms with Crippen LogP contribution in [0.3, 0.4) is 0 Å². The van der Waals surface area contributed by atoms with Gasteiger partial charge in [-0.25, -0.2) is 9.78 Å². The minimum Gasteiger partial charge on any atom is -0.448 e. The molecule has 2 aromatic heterocycles. The minimum atomic E-state index is -0.915. The first-order chi connectivity index (χ1) is 9.56. The summed E-state index contributed by atoms with van der Waals surface area (Å²) in [7, 11) is 0. The number of carbonyl (C=O) groups is 2. The Morgan fingerprint density at radius 1 is 1.40 bits per heavy atom. The molecule has 0 unspecified atom stereocenters. The van der Waals surface area contributed by atoms with Gasteiger partial charge in [-0.3, -0.25) is 4.79 Å². The van der Waals surface area contributed by atoms with Gasteiger partial charge < -0.3 is 10.1 Å². The summed E-state index contributed by atoms with van der Waals surface area (Å²) >= 11 is 6.95. The van der Waals surface area contributed by atoms with Crippen LogP contribution < -0.4 is 5.32 Å². The third-order valence-corrected chi connectivity index (χ3v) is 3.43. The van der Waals surface area contributed by atoms with Crippen molar-refractivity contribution in [2.75, 3.05) is 5.32 Å². The van der Waals surface area contributed by atoms with E-state index < -0.39 is 18.0 Å². The lowest BCUT2D eigenvalue weighted by Gasteiger charge is -2.12. The van der Waals surface area contributed by atoms with Gasteiger partial charge in [0.2, 0.25) is 0 Å². The van der Waals surface area contributed by atoms with Gasteiger partial charge >= 0.3 is 5.97 Å². The third kappa shape index (κ3) is 3.79. The predicted molar refractivity (Wildman–Crippen MR) is 77.1 cm³/mol. The van der Waals surface area contributed by atoms with Crippen LogP contribution in [0.25, 0.3) is 0 Å². The molecule has 5 nitrogen and oxygen atoms in total. The van der Waals surface area contributed by atoms with Crippen LogP contribution in [-0.2, 0) is 9.53 Å². The van der Waals surface area contributed by atoms with E-state index >= 15 is 0 Å². The van der Waals surface area contributed by atoms with Gasteiger partial charge in [0.15, 0.2) is 6.10 Å². The Morgan fingerprint density at radius 2 is 2.20 bits per heavy atom. The van der Waals surface area contributed by atoms with Crippen LogP contribution >= 0.6 is 22.9 Å². The molecule has 104 valence electrons. The van der Waals surface area contributed by atoms with Gasteiger partial charge in [0.1, 0.15) is 10.7 Å². The molecule has 2 aromatic rings. The highest BCUT2D eigenvalue weighted by Gasteiger charge is 2.19. The summed E-state index contributed by atoms with van der Waals surface area (Å²) in [6.07, 6.45) is 0.501. The Hall–Kier alpha value is -1.92. The molecule has 0 saturated heterocycles. The second-order valence-corrected chi connectivity index (χ2v) is 5.26. The quantitative estimate of drug-likeness (QED) is 0.882. The van der Waals surface area contributed by atoms with Crippen molar-refractivity contribution in [1.29, 1.82) is 0 Å². The van der Waals surface area contributed by atoms with Gasteiger partial charge in [0.05, 0.1) is 5.02 Å². The molecule has 0 saturated carbocycles. The standard InChI is InChI=1S/C13H11ClN2O3S/c1-8(19-13(18)10-3-2-6-20-10)12(17)16-11-5-4-9(14)7-15-11/h2-8H,1H3,(H,15,16,17)/t8-/m0/s1. The molecule has 0 fully saturated rings. The van der Waals surface area contributed by atoms with Crippen LogP contribution in [0.2, 0.25) is 5.02 Å². The maximum atomic E-state index is 11.8. The van der Waals surface area contributed by atoms with Gasteiger partial charge in [-0.15, -0.1) is 11.3 Å². The Morgan fingerprint density at radius 3 is 2.80 bits per heavy atom. The van der Waals surface area contributed by atoms with E-state index in [1.54, 1.807) is 29.6 Å². The summed E-state index contributed by atoms with van der Waals surface area (Å²) in [5, 5.41) is 4.77. The number of carbonyl (C=O) groups excluding carboxylic acids is 2. The second kappa shape index (κ2) is 6.49. The lowest BCUT2D eigenvalue weighted by molar-refractivity contribution is -0.123. The van der Waals surface area contributed by atoms with E-state index in [4.69, 9.17) is 16.3 Å². The highest BCUT2D eigenvalue weighted by Crippen LogP contribution is 2.13. The molecule has 0 aliphatic carbocycles. The molecule has 1 N–H and O–H groups in total. The maximum absolute atomic E-state index is 11.8. The van der Waals surface area contributed by atoms with E-state index in [1.165, 1.54) is 24.5 Å². The van der Waals surface area contributed by atoms with Gasteiger partial charge in [-0.1, -0.05) is 17.7 Å². The van der Waals surface area contributed by atoms with E-state index in [-0.39, 0.29) is 0 Å².